The number of hydrogen-bond donors (Lipinski definition) is 0. The van der Waals surface area contributed by atoms with E-state index >= 15 is 0 Å². The number of hydrogen-bond acceptors (Lipinski definition) is 0. The van der Waals surface area contributed by atoms with Gasteiger partial charge in [0.1, 0.15) is 0 Å². The lowest BCUT2D eigenvalue weighted by Crippen LogP contribution is -2.01. The molecule has 1 rings (SSSR count). The number of halogens is 2. The summed E-state index contributed by atoms with van der Waals surface area (Å²) >= 11 is 11.7. The van der Waals surface area contributed by atoms with Gasteiger partial charge >= 0.3 is 0 Å². The third-order valence-corrected chi connectivity index (χ3v) is 2.76. The van der Waals surface area contributed by atoms with Crippen molar-refractivity contribution in [3.05, 3.63) is 33.8 Å². The van der Waals surface area contributed by atoms with E-state index < -0.39 is 0 Å². The van der Waals surface area contributed by atoms with E-state index in [1.165, 1.54) is 5.56 Å². The fourth-order valence-corrected chi connectivity index (χ4v) is 1.67. The third-order valence-electron chi connectivity index (χ3n) is 2.35. The minimum atomic E-state index is 0.476. The molecule has 0 spiro atoms. The first-order valence-corrected chi connectivity index (χ1v) is 5.14. The largest absolute Gasteiger partial charge is 0.0836 e. The van der Waals surface area contributed by atoms with E-state index in [9.17, 15) is 0 Å². The van der Waals surface area contributed by atoms with Crippen LogP contribution in [-0.2, 0) is 0 Å². The van der Waals surface area contributed by atoms with Gasteiger partial charge in [-0.2, -0.15) is 0 Å². The molecule has 13 heavy (non-hydrogen) atoms. The van der Waals surface area contributed by atoms with Crippen LogP contribution in [-0.4, -0.2) is 0 Å². The Morgan fingerprint density at radius 3 is 1.92 bits per heavy atom. The number of rotatable bonds is 2. The van der Waals surface area contributed by atoms with Crippen LogP contribution in [0.2, 0.25) is 10.0 Å². The van der Waals surface area contributed by atoms with Gasteiger partial charge in [-0.3, -0.25) is 0 Å². The second-order valence-corrected chi connectivity index (χ2v) is 4.46. The molecule has 0 N–H and O–H groups in total. The quantitative estimate of drug-likeness (QED) is 0.680. The van der Waals surface area contributed by atoms with E-state index in [1.54, 1.807) is 0 Å². The molecule has 1 unspecified atom stereocenters. The Balaban J connectivity index is 3.01. The first-order valence-electron chi connectivity index (χ1n) is 4.39. The summed E-state index contributed by atoms with van der Waals surface area (Å²) in [6, 6.07) is 6.69. The summed E-state index contributed by atoms with van der Waals surface area (Å²) in [5.41, 5.74) is 1.18. The van der Waals surface area contributed by atoms with Crippen molar-refractivity contribution >= 4 is 23.2 Å². The molecule has 0 nitrogen and oxygen atoms in total. The van der Waals surface area contributed by atoms with Crippen LogP contribution in [0.1, 0.15) is 32.3 Å². The van der Waals surface area contributed by atoms with Crippen molar-refractivity contribution in [2.75, 3.05) is 0 Å². The van der Waals surface area contributed by atoms with Gasteiger partial charge in [0.05, 0.1) is 10.0 Å². The van der Waals surface area contributed by atoms with Gasteiger partial charge in [0, 0.05) is 6.07 Å². The lowest BCUT2D eigenvalue weighted by atomic mass is 9.90. The minimum absolute atomic E-state index is 0.476. The second-order valence-electron chi connectivity index (χ2n) is 3.64. The predicted molar refractivity (Wildman–Crippen MR) is 58.6 cm³/mol. The zero-order chi connectivity index (χ0) is 10.0. The smallest absolute Gasteiger partial charge is 0.0503 e. The van der Waals surface area contributed by atoms with Crippen molar-refractivity contribution in [2.45, 2.75) is 26.7 Å². The molecule has 0 aliphatic carbocycles. The molecular formula is C11H13Cl2. The van der Waals surface area contributed by atoms with Crippen LogP contribution in [0.15, 0.2) is 12.1 Å². The van der Waals surface area contributed by atoms with Crippen molar-refractivity contribution in [3.63, 3.8) is 0 Å². The van der Waals surface area contributed by atoms with Gasteiger partial charge in [-0.05, 0) is 29.5 Å². The van der Waals surface area contributed by atoms with Crippen LogP contribution in [0.3, 0.4) is 0 Å². The van der Waals surface area contributed by atoms with Gasteiger partial charge in [0.15, 0.2) is 0 Å². The summed E-state index contributed by atoms with van der Waals surface area (Å²) in [5, 5.41) is 1.19. The molecule has 1 aromatic carbocycles. The highest BCUT2D eigenvalue weighted by Gasteiger charge is 2.11. The SMILES string of the molecule is CC(C)C(C)c1cc(Cl)[c]c(Cl)c1. The molecule has 0 saturated heterocycles. The van der Waals surface area contributed by atoms with Crippen molar-refractivity contribution in [2.24, 2.45) is 5.92 Å². The lowest BCUT2D eigenvalue weighted by molar-refractivity contribution is 0.535. The van der Waals surface area contributed by atoms with E-state index in [0.717, 1.165) is 0 Å². The molecule has 71 valence electrons. The van der Waals surface area contributed by atoms with E-state index in [0.29, 0.717) is 21.9 Å². The van der Waals surface area contributed by atoms with Crippen molar-refractivity contribution in [1.82, 2.24) is 0 Å². The van der Waals surface area contributed by atoms with Crippen LogP contribution >= 0.6 is 23.2 Å². The van der Waals surface area contributed by atoms with E-state index in [4.69, 9.17) is 23.2 Å². The van der Waals surface area contributed by atoms with Gasteiger partial charge in [-0.1, -0.05) is 44.0 Å². The molecule has 0 bridgehead atoms. The monoisotopic (exact) mass is 215 g/mol. The maximum Gasteiger partial charge on any atom is 0.0503 e. The fraction of sp³-hybridized carbons (Fsp3) is 0.455. The van der Waals surface area contributed by atoms with Crippen molar-refractivity contribution < 1.29 is 0 Å². The first-order chi connectivity index (χ1) is 6.00. The molecule has 0 aliphatic rings. The van der Waals surface area contributed by atoms with Gasteiger partial charge in [0.25, 0.3) is 0 Å². The molecule has 1 radical (unpaired) electrons. The van der Waals surface area contributed by atoms with Crippen LogP contribution in [0.4, 0.5) is 0 Å². The lowest BCUT2D eigenvalue weighted by Gasteiger charge is -2.16. The molecule has 1 atom stereocenters. The maximum absolute atomic E-state index is 5.86. The Bertz CT molecular complexity index is 272. The Kier molecular flexibility index (Phi) is 3.63. The predicted octanol–water partition coefficient (Wildman–Crippen LogP) is 4.55. The summed E-state index contributed by atoms with van der Waals surface area (Å²) in [4.78, 5) is 0. The molecule has 0 aromatic heterocycles. The Labute approximate surface area is 89.9 Å². The summed E-state index contributed by atoms with van der Waals surface area (Å²) in [6.07, 6.45) is 0. The van der Waals surface area contributed by atoms with Gasteiger partial charge in [-0.15, -0.1) is 0 Å². The second kappa shape index (κ2) is 4.34. The normalized spacial score (nSPS) is 13.4. The van der Waals surface area contributed by atoms with Crippen LogP contribution in [0.25, 0.3) is 0 Å². The fourth-order valence-electron chi connectivity index (χ4n) is 1.17. The molecule has 0 saturated carbocycles. The van der Waals surface area contributed by atoms with Crippen molar-refractivity contribution in [1.29, 1.82) is 0 Å². The van der Waals surface area contributed by atoms with E-state index in [-0.39, 0.29) is 0 Å². The molecule has 0 heterocycles. The van der Waals surface area contributed by atoms with Gasteiger partial charge in [0.2, 0.25) is 0 Å². The average molecular weight is 216 g/mol. The van der Waals surface area contributed by atoms with Gasteiger partial charge in [-0.25, -0.2) is 0 Å². The highest BCUT2D eigenvalue weighted by atomic mass is 35.5. The molecule has 2 heteroatoms. The third kappa shape index (κ3) is 2.89. The van der Waals surface area contributed by atoms with Crippen molar-refractivity contribution in [3.8, 4) is 0 Å². The Morgan fingerprint density at radius 1 is 1.08 bits per heavy atom. The maximum atomic E-state index is 5.86. The van der Waals surface area contributed by atoms with Crippen LogP contribution < -0.4 is 0 Å². The topological polar surface area (TPSA) is 0 Å². The molecule has 1 aromatic rings. The molecular weight excluding hydrogens is 203 g/mol. The number of benzene rings is 1. The Hall–Kier alpha value is -0.200. The van der Waals surface area contributed by atoms with E-state index in [1.807, 2.05) is 12.1 Å². The zero-order valence-electron chi connectivity index (χ0n) is 8.07. The zero-order valence-corrected chi connectivity index (χ0v) is 9.58. The Morgan fingerprint density at radius 2 is 1.54 bits per heavy atom. The van der Waals surface area contributed by atoms with Gasteiger partial charge < -0.3 is 0 Å². The molecule has 0 fully saturated rings. The standard InChI is InChI=1S/C11H13Cl2/c1-7(2)8(3)9-4-10(12)6-11(13)5-9/h4-5,7-8H,1-3H3. The van der Waals surface area contributed by atoms with Crippen LogP contribution in [0.5, 0.6) is 0 Å². The van der Waals surface area contributed by atoms with Crippen LogP contribution in [0, 0.1) is 12.0 Å². The summed E-state index contributed by atoms with van der Waals surface area (Å²) in [6.45, 7) is 6.54. The average Bonchev–Trinajstić information content (AvgIpc) is 2.01. The summed E-state index contributed by atoms with van der Waals surface area (Å²) < 4.78 is 0. The molecule has 0 aliphatic heterocycles. The summed E-state index contributed by atoms with van der Waals surface area (Å²) in [7, 11) is 0. The van der Waals surface area contributed by atoms with E-state index in [2.05, 4.69) is 26.8 Å². The highest BCUT2D eigenvalue weighted by molar-refractivity contribution is 6.34. The first kappa shape index (κ1) is 10.9. The minimum Gasteiger partial charge on any atom is -0.0836 e. The summed E-state index contributed by atoms with van der Waals surface area (Å²) in [5.74, 6) is 1.07. The highest BCUT2D eigenvalue weighted by Crippen LogP contribution is 2.28. The molecule has 0 amide bonds.